The minimum atomic E-state index is -0.472. The molecule has 2 heterocycles. The molecule has 1 aromatic heterocycles. The summed E-state index contributed by atoms with van der Waals surface area (Å²) in [6.07, 6.45) is 1.62. The van der Waals surface area contributed by atoms with E-state index < -0.39 is 5.78 Å². The maximum atomic E-state index is 13.5. The molecule has 0 saturated carbocycles. The fourth-order valence-corrected chi connectivity index (χ4v) is 3.94. The number of hydrogen-bond acceptors (Lipinski definition) is 4. The number of allylic oxidation sites excluding steroid dienone is 1. The Kier molecular flexibility index (Phi) is 3.89. The number of rotatable bonds is 2. The molecular formula is C24H16FNO4. The maximum Gasteiger partial charge on any atom is 0.235 e. The van der Waals surface area contributed by atoms with Crippen LogP contribution in [0.15, 0.2) is 66.4 Å². The van der Waals surface area contributed by atoms with Crippen LogP contribution in [0.25, 0.3) is 28.2 Å². The van der Waals surface area contributed by atoms with Gasteiger partial charge in [0.05, 0.1) is 5.69 Å². The molecule has 0 bridgehead atoms. The summed E-state index contributed by atoms with van der Waals surface area (Å²) in [4.78, 5) is 12.9. The molecule has 1 aliphatic rings. The van der Waals surface area contributed by atoms with Gasteiger partial charge >= 0.3 is 0 Å². The SMILES string of the molecule is Cn1c(-c2ccc(F)cc2)c(/C=C2\Oc3cc(O)cc(O)c3C2=O)c2ccccc21. The van der Waals surface area contributed by atoms with Crippen molar-refractivity contribution in [1.82, 2.24) is 4.57 Å². The van der Waals surface area contributed by atoms with E-state index in [1.165, 1.54) is 18.2 Å². The standard InChI is InChI=1S/C24H16FNO4/c1-26-18-5-3-2-4-16(18)17(23(26)13-6-8-14(25)9-7-13)12-21-24(29)22-19(28)10-15(27)11-20(22)30-21/h2-12,27-28H,1H3/b21-12-. The number of aromatic nitrogens is 1. The third kappa shape index (κ3) is 2.65. The molecule has 0 aliphatic carbocycles. The molecule has 0 atom stereocenters. The number of carbonyl (C=O) groups is 1. The van der Waals surface area contributed by atoms with Gasteiger partial charge in [-0.1, -0.05) is 18.2 Å². The lowest BCUT2D eigenvalue weighted by Gasteiger charge is -2.07. The third-order valence-corrected chi connectivity index (χ3v) is 5.28. The van der Waals surface area contributed by atoms with Crippen molar-refractivity contribution in [2.24, 2.45) is 7.05 Å². The topological polar surface area (TPSA) is 71.7 Å². The Morgan fingerprint density at radius 3 is 2.53 bits per heavy atom. The Labute approximate surface area is 170 Å². The second kappa shape index (κ2) is 6.49. The number of para-hydroxylation sites is 1. The molecule has 0 amide bonds. The number of carbonyl (C=O) groups excluding carboxylic acids is 1. The van der Waals surface area contributed by atoms with Crippen molar-refractivity contribution in [2.45, 2.75) is 0 Å². The highest BCUT2D eigenvalue weighted by molar-refractivity contribution is 6.17. The third-order valence-electron chi connectivity index (χ3n) is 5.28. The molecular weight excluding hydrogens is 385 g/mol. The van der Waals surface area contributed by atoms with Gasteiger partial charge in [-0.3, -0.25) is 4.79 Å². The Bertz CT molecular complexity index is 1370. The number of ether oxygens (including phenoxy) is 1. The lowest BCUT2D eigenvalue weighted by molar-refractivity contribution is 0.101. The summed E-state index contributed by atoms with van der Waals surface area (Å²) in [5.74, 6) is -1.21. The number of phenols is 2. The number of ketones is 1. The number of nitrogens with zero attached hydrogens (tertiary/aromatic N) is 1. The van der Waals surface area contributed by atoms with Crippen LogP contribution in [0.4, 0.5) is 4.39 Å². The molecule has 4 aromatic rings. The van der Waals surface area contributed by atoms with Crippen LogP contribution >= 0.6 is 0 Å². The number of benzene rings is 3. The molecule has 0 saturated heterocycles. The summed E-state index contributed by atoms with van der Waals surface area (Å²) in [5.41, 5.74) is 3.27. The average molecular weight is 401 g/mol. The number of halogens is 1. The van der Waals surface area contributed by atoms with E-state index in [1.807, 2.05) is 35.9 Å². The van der Waals surface area contributed by atoms with Crippen molar-refractivity contribution >= 4 is 22.8 Å². The van der Waals surface area contributed by atoms with Crippen LogP contribution < -0.4 is 4.74 Å². The first-order valence-corrected chi connectivity index (χ1v) is 9.27. The summed E-state index contributed by atoms with van der Waals surface area (Å²) < 4.78 is 21.1. The van der Waals surface area contributed by atoms with E-state index in [2.05, 4.69) is 0 Å². The largest absolute Gasteiger partial charge is 0.508 e. The van der Waals surface area contributed by atoms with E-state index in [9.17, 15) is 19.4 Å². The van der Waals surface area contributed by atoms with Crippen molar-refractivity contribution in [3.05, 3.63) is 83.4 Å². The fourth-order valence-electron chi connectivity index (χ4n) is 3.94. The molecule has 2 N–H and O–H groups in total. The van der Waals surface area contributed by atoms with Gasteiger partial charge in [-0.25, -0.2) is 4.39 Å². The van der Waals surface area contributed by atoms with Crippen molar-refractivity contribution in [1.29, 1.82) is 0 Å². The second-order valence-corrected chi connectivity index (χ2v) is 7.12. The van der Waals surface area contributed by atoms with Gasteiger partial charge in [-0.2, -0.15) is 0 Å². The number of Topliss-reactive ketones (excluding diaryl/α,β-unsaturated/α-hetero) is 1. The van der Waals surface area contributed by atoms with Crippen LogP contribution in [0.3, 0.4) is 0 Å². The lowest BCUT2D eigenvalue weighted by Crippen LogP contribution is -1.99. The molecule has 0 unspecified atom stereocenters. The van der Waals surface area contributed by atoms with Gasteiger partial charge < -0.3 is 19.5 Å². The van der Waals surface area contributed by atoms with Gasteiger partial charge in [0.25, 0.3) is 0 Å². The van der Waals surface area contributed by atoms with E-state index in [4.69, 9.17) is 4.74 Å². The van der Waals surface area contributed by atoms with Crippen LogP contribution in [-0.4, -0.2) is 20.6 Å². The van der Waals surface area contributed by atoms with Gasteiger partial charge in [0.15, 0.2) is 5.76 Å². The molecule has 30 heavy (non-hydrogen) atoms. The number of phenolic OH excluding ortho intramolecular Hbond substituents is 2. The first-order chi connectivity index (χ1) is 14.4. The minimum absolute atomic E-state index is 0.0163. The van der Waals surface area contributed by atoms with E-state index in [1.54, 1.807) is 18.2 Å². The Balaban J connectivity index is 1.74. The highest BCUT2D eigenvalue weighted by Crippen LogP contribution is 2.42. The van der Waals surface area contributed by atoms with E-state index in [0.29, 0.717) is 0 Å². The molecule has 0 radical (unpaired) electrons. The average Bonchev–Trinajstić information content (AvgIpc) is 3.18. The molecule has 148 valence electrons. The predicted molar refractivity (Wildman–Crippen MR) is 111 cm³/mol. The molecule has 0 fully saturated rings. The quantitative estimate of drug-likeness (QED) is 0.463. The van der Waals surface area contributed by atoms with Gasteiger partial charge in [0, 0.05) is 35.6 Å². The Hall–Kier alpha value is -4.06. The monoisotopic (exact) mass is 401 g/mol. The number of aromatic hydroxyl groups is 2. The van der Waals surface area contributed by atoms with E-state index in [0.717, 1.165) is 33.8 Å². The van der Waals surface area contributed by atoms with Gasteiger partial charge in [-0.15, -0.1) is 0 Å². The number of fused-ring (bicyclic) bond motifs is 2. The fraction of sp³-hybridized carbons (Fsp3) is 0.0417. The van der Waals surface area contributed by atoms with E-state index >= 15 is 0 Å². The molecule has 3 aromatic carbocycles. The number of hydrogen-bond donors (Lipinski definition) is 2. The van der Waals surface area contributed by atoms with E-state index in [-0.39, 0.29) is 34.4 Å². The molecule has 0 spiro atoms. The number of aryl methyl sites for hydroxylation is 1. The summed E-state index contributed by atoms with van der Waals surface area (Å²) in [5, 5.41) is 20.7. The van der Waals surface area contributed by atoms with Crippen molar-refractivity contribution < 1.29 is 24.1 Å². The molecule has 5 rings (SSSR count). The molecule has 5 nitrogen and oxygen atoms in total. The van der Waals surface area contributed by atoms with Crippen molar-refractivity contribution in [3.8, 4) is 28.5 Å². The van der Waals surface area contributed by atoms with Crippen molar-refractivity contribution in [3.63, 3.8) is 0 Å². The van der Waals surface area contributed by atoms with Crippen LogP contribution in [0, 0.1) is 5.82 Å². The molecule has 6 heteroatoms. The molecule has 1 aliphatic heterocycles. The maximum absolute atomic E-state index is 13.5. The highest BCUT2D eigenvalue weighted by atomic mass is 19.1. The summed E-state index contributed by atoms with van der Waals surface area (Å²) in [6, 6.07) is 16.2. The normalized spacial score (nSPS) is 14.3. The van der Waals surface area contributed by atoms with Crippen LogP contribution in [0.2, 0.25) is 0 Å². The lowest BCUT2D eigenvalue weighted by atomic mass is 10.0. The van der Waals surface area contributed by atoms with Crippen LogP contribution in [0.5, 0.6) is 17.2 Å². The Morgan fingerprint density at radius 1 is 1.03 bits per heavy atom. The zero-order valence-corrected chi connectivity index (χ0v) is 15.9. The Morgan fingerprint density at radius 2 is 1.77 bits per heavy atom. The smallest absolute Gasteiger partial charge is 0.235 e. The highest BCUT2D eigenvalue weighted by Gasteiger charge is 2.32. The summed E-state index contributed by atoms with van der Waals surface area (Å²) in [7, 11) is 1.90. The second-order valence-electron chi connectivity index (χ2n) is 7.12. The van der Waals surface area contributed by atoms with Gasteiger partial charge in [-0.05, 0) is 42.0 Å². The van der Waals surface area contributed by atoms with Crippen LogP contribution in [0.1, 0.15) is 15.9 Å². The van der Waals surface area contributed by atoms with Gasteiger partial charge in [0.1, 0.15) is 28.6 Å². The summed E-state index contributed by atoms with van der Waals surface area (Å²) >= 11 is 0. The minimum Gasteiger partial charge on any atom is -0.508 e. The zero-order valence-electron chi connectivity index (χ0n) is 15.9. The summed E-state index contributed by atoms with van der Waals surface area (Å²) in [6.45, 7) is 0. The first-order valence-electron chi connectivity index (χ1n) is 9.27. The first kappa shape index (κ1) is 18.0. The predicted octanol–water partition coefficient (Wildman–Crippen LogP) is 5.01. The van der Waals surface area contributed by atoms with Crippen LogP contribution in [-0.2, 0) is 7.05 Å². The van der Waals surface area contributed by atoms with Crippen molar-refractivity contribution in [2.75, 3.05) is 0 Å². The zero-order chi connectivity index (χ0) is 21.0. The van der Waals surface area contributed by atoms with Gasteiger partial charge in [0.2, 0.25) is 5.78 Å².